The highest BCUT2D eigenvalue weighted by Gasteiger charge is 2.35. The fourth-order valence-corrected chi connectivity index (χ4v) is 4.41. The molecule has 1 fully saturated rings. The Morgan fingerprint density at radius 3 is 2.69 bits per heavy atom. The molecule has 1 aliphatic heterocycles. The normalized spacial score (nSPS) is 14.5. The first kappa shape index (κ1) is 24.5. The summed E-state index contributed by atoms with van der Waals surface area (Å²) in [4.78, 5) is 38.8. The average Bonchev–Trinajstić information content (AvgIpc) is 3.07. The summed E-state index contributed by atoms with van der Waals surface area (Å²) in [7, 11) is 0. The molecule has 1 aliphatic rings. The standard InChI is InChI=1S/C26H20ClFN2O4S/c1-16-5-4-7-20(11-16)29-24(31)15-34-22-10-9-19(27)12-18(22)13-23-25(32)30(26(33)35-23)14-17-6-2-3-8-21(17)28/h2-13H,14-15H2,1H3,(H,29,31)/b23-13-. The molecular weight excluding hydrogens is 491 g/mol. The summed E-state index contributed by atoms with van der Waals surface area (Å²) >= 11 is 6.87. The first-order chi connectivity index (χ1) is 16.8. The minimum absolute atomic E-state index is 0.141. The van der Waals surface area contributed by atoms with E-state index in [-0.39, 0.29) is 29.5 Å². The Morgan fingerprint density at radius 2 is 1.91 bits per heavy atom. The molecule has 9 heteroatoms. The summed E-state index contributed by atoms with van der Waals surface area (Å²) in [5.41, 5.74) is 2.32. The number of amides is 3. The fraction of sp³-hybridized carbons (Fsp3) is 0.115. The van der Waals surface area contributed by atoms with E-state index in [2.05, 4.69) is 5.32 Å². The van der Waals surface area contributed by atoms with Crippen LogP contribution < -0.4 is 10.1 Å². The van der Waals surface area contributed by atoms with Gasteiger partial charge in [0.25, 0.3) is 17.1 Å². The van der Waals surface area contributed by atoms with Crippen molar-refractivity contribution in [1.29, 1.82) is 0 Å². The number of nitrogens with zero attached hydrogens (tertiary/aromatic N) is 1. The van der Waals surface area contributed by atoms with E-state index in [1.165, 1.54) is 24.3 Å². The van der Waals surface area contributed by atoms with Crippen molar-refractivity contribution in [1.82, 2.24) is 4.90 Å². The number of nitrogens with one attached hydrogen (secondary N) is 1. The van der Waals surface area contributed by atoms with Crippen LogP contribution in [0.25, 0.3) is 6.08 Å². The van der Waals surface area contributed by atoms with Crippen molar-refractivity contribution in [3.63, 3.8) is 0 Å². The lowest BCUT2D eigenvalue weighted by Gasteiger charge is -2.13. The number of hydrogen-bond donors (Lipinski definition) is 1. The van der Waals surface area contributed by atoms with Crippen LogP contribution in [0.1, 0.15) is 16.7 Å². The van der Waals surface area contributed by atoms with Crippen LogP contribution in [-0.2, 0) is 16.1 Å². The van der Waals surface area contributed by atoms with Gasteiger partial charge in [0, 0.05) is 21.8 Å². The van der Waals surface area contributed by atoms with E-state index in [0.29, 0.717) is 22.0 Å². The third-order valence-electron chi connectivity index (χ3n) is 5.08. The van der Waals surface area contributed by atoms with Gasteiger partial charge in [0.2, 0.25) is 0 Å². The van der Waals surface area contributed by atoms with Crippen molar-refractivity contribution in [2.45, 2.75) is 13.5 Å². The molecule has 35 heavy (non-hydrogen) atoms. The van der Waals surface area contributed by atoms with E-state index in [0.717, 1.165) is 22.2 Å². The molecule has 0 aliphatic carbocycles. The first-order valence-corrected chi connectivity index (χ1v) is 11.8. The maximum atomic E-state index is 14.0. The zero-order chi connectivity index (χ0) is 24.9. The van der Waals surface area contributed by atoms with Gasteiger partial charge in [-0.3, -0.25) is 19.3 Å². The van der Waals surface area contributed by atoms with E-state index < -0.39 is 17.0 Å². The highest BCUT2D eigenvalue weighted by molar-refractivity contribution is 8.18. The summed E-state index contributed by atoms with van der Waals surface area (Å²) in [6.07, 6.45) is 1.48. The summed E-state index contributed by atoms with van der Waals surface area (Å²) in [6.45, 7) is 1.47. The number of thioether (sulfide) groups is 1. The molecule has 6 nitrogen and oxygen atoms in total. The lowest BCUT2D eigenvalue weighted by molar-refractivity contribution is -0.123. The second kappa shape index (κ2) is 10.8. The van der Waals surface area contributed by atoms with Gasteiger partial charge in [-0.15, -0.1) is 0 Å². The van der Waals surface area contributed by atoms with Crippen molar-refractivity contribution in [3.05, 3.63) is 99.2 Å². The molecule has 0 radical (unpaired) electrons. The van der Waals surface area contributed by atoms with Crippen molar-refractivity contribution in [2.75, 3.05) is 11.9 Å². The topological polar surface area (TPSA) is 75.7 Å². The molecular formula is C26H20ClFN2O4S. The number of halogens is 2. The van der Waals surface area contributed by atoms with Gasteiger partial charge in [-0.1, -0.05) is 41.9 Å². The van der Waals surface area contributed by atoms with E-state index in [9.17, 15) is 18.8 Å². The molecule has 0 saturated carbocycles. The van der Waals surface area contributed by atoms with Crippen LogP contribution in [0.15, 0.2) is 71.6 Å². The van der Waals surface area contributed by atoms with Crippen molar-refractivity contribution < 1.29 is 23.5 Å². The molecule has 4 rings (SSSR count). The monoisotopic (exact) mass is 510 g/mol. The van der Waals surface area contributed by atoms with E-state index >= 15 is 0 Å². The maximum Gasteiger partial charge on any atom is 0.293 e. The molecule has 1 N–H and O–H groups in total. The smallest absolute Gasteiger partial charge is 0.293 e. The third kappa shape index (κ3) is 6.09. The zero-order valence-corrected chi connectivity index (χ0v) is 20.2. The van der Waals surface area contributed by atoms with Crippen LogP contribution in [0.4, 0.5) is 14.9 Å². The van der Waals surface area contributed by atoms with Gasteiger partial charge in [-0.05, 0) is 66.7 Å². The number of rotatable bonds is 7. The van der Waals surface area contributed by atoms with Crippen molar-refractivity contribution in [2.24, 2.45) is 0 Å². The number of carbonyl (C=O) groups is 3. The summed E-state index contributed by atoms with van der Waals surface area (Å²) in [6, 6.07) is 18.1. The zero-order valence-electron chi connectivity index (χ0n) is 18.6. The highest BCUT2D eigenvalue weighted by Crippen LogP contribution is 2.35. The molecule has 1 saturated heterocycles. The van der Waals surface area contributed by atoms with Gasteiger partial charge in [0.05, 0.1) is 11.4 Å². The first-order valence-electron chi connectivity index (χ1n) is 10.6. The Kier molecular flexibility index (Phi) is 7.53. The molecule has 3 aromatic rings. The molecule has 178 valence electrons. The molecule has 0 unspecified atom stereocenters. The van der Waals surface area contributed by atoms with Crippen molar-refractivity contribution in [3.8, 4) is 5.75 Å². The van der Waals surface area contributed by atoms with Gasteiger partial charge >= 0.3 is 0 Å². The second-order valence-electron chi connectivity index (χ2n) is 7.75. The molecule has 0 bridgehead atoms. The fourth-order valence-electron chi connectivity index (χ4n) is 3.40. The minimum atomic E-state index is -0.550. The molecule has 3 aromatic carbocycles. The number of anilines is 1. The summed E-state index contributed by atoms with van der Waals surface area (Å²) in [5.74, 6) is -1.09. The Balaban J connectivity index is 1.49. The molecule has 0 spiro atoms. The van der Waals surface area contributed by atoms with Gasteiger partial charge in [0.1, 0.15) is 11.6 Å². The molecule has 1 heterocycles. The number of carbonyl (C=O) groups excluding carboxylic acids is 3. The van der Waals surface area contributed by atoms with Crippen LogP contribution in [0.5, 0.6) is 5.75 Å². The number of ether oxygens (including phenoxy) is 1. The largest absolute Gasteiger partial charge is 0.483 e. The Labute approximate surface area is 210 Å². The predicted octanol–water partition coefficient (Wildman–Crippen LogP) is 6.04. The second-order valence-corrected chi connectivity index (χ2v) is 9.18. The lowest BCUT2D eigenvalue weighted by atomic mass is 10.1. The van der Waals surface area contributed by atoms with E-state index in [1.54, 1.807) is 30.3 Å². The quantitative estimate of drug-likeness (QED) is 0.392. The molecule has 3 amide bonds. The van der Waals surface area contributed by atoms with Crippen LogP contribution in [0, 0.1) is 12.7 Å². The van der Waals surface area contributed by atoms with Crippen LogP contribution in [0.3, 0.4) is 0 Å². The van der Waals surface area contributed by atoms with Crippen molar-refractivity contribution >= 4 is 52.2 Å². The van der Waals surface area contributed by atoms with Gasteiger partial charge < -0.3 is 10.1 Å². The van der Waals surface area contributed by atoms with Gasteiger partial charge in [-0.2, -0.15) is 0 Å². The maximum absolute atomic E-state index is 14.0. The van der Waals surface area contributed by atoms with E-state index in [1.807, 2.05) is 25.1 Å². The van der Waals surface area contributed by atoms with Gasteiger partial charge in [0.15, 0.2) is 6.61 Å². The third-order valence-corrected chi connectivity index (χ3v) is 6.22. The van der Waals surface area contributed by atoms with E-state index in [4.69, 9.17) is 16.3 Å². The van der Waals surface area contributed by atoms with Crippen LogP contribution in [0.2, 0.25) is 5.02 Å². The average molecular weight is 511 g/mol. The van der Waals surface area contributed by atoms with Crippen LogP contribution >= 0.6 is 23.4 Å². The minimum Gasteiger partial charge on any atom is -0.483 e. The van der Waals surface area contributed by atoms with Gasteiger partial charge in [-0.25, -0.2) is 4.39 Å². The Bertz CT molecular complexity index is 1340. The highest BCUT2D eigenvalue weighted by atomic mass is 35.5. The summed E-state index contributed by atoms with van der Waals surface area (Å²) < 4.78 is 19.7. The lowest BCUT2D eigenvalue weighted by Crippen LogP contribution is -2.27. The Morgan fingerprint density at radius 1 is 1.11 bits per heavy atom. The number of aryl methyl sites for hydroxylation is 1. The van der Waals surface area contributed by atoms with Crippen LogP contribution in [-0.4, -0.2) is 28.6 Å². The summed E-state index contributed by atoms with van der Waals surface area (Å²) in [5, 5.41) is 2.64. The number of hydrogen-bond acceptors (Lipinski definition) is 5. The Hall–Kier alpha value is -3.62. The predicted molar refractivity (Wildman–Crippen MR) is 135 cm³/mol. The number of imide groups is 1. The molecule has 0 aromatic heterocycles. The SMILES string of the molecule is Cc1cccc(NC(=O)COc2ccc(Cl)cc2/C=C2\SC(=O)N(Cc3ccccc3F)C2=O)c1. The molecule has 0 atom stereocenters. The number of benzene rings is 3.